The molecule has 122 valence electrons. The standard InChI is InChI=1S/C17H33N3O/c1-3-18-14-10-15-6-5-7-16(11-14)20(15)13-17-12-19(4-2)8-9-21-17/h14-18H,3-13H2,1-2H3. The molecule has 3 saturated heterocycles. The smallest absolute Gasteiger partial charge is 0.0829 e. The number of nitrogens with one attached hydrogen (secondary N) is 1. The number of morpholine rings is 1. The molecule has 3 heterocycles. The molecule has 3 aliphatic heterocycles. The third kappa shape index (κ3) is 3.79. The molecule has 0 aromatic rings. The molecule has 3 rings (SSSR count). The van der Waals surface area contributed by atoms with Gasteiger partial charge in [0.1, 0.15) is 0 Å². The van der Waals surface area contributed by atoms with Gasteiger partial charge >= 0.3 is 0 Å². The van der Waals surface area contributed by atoms with Crippen molar-refractivity contribution in [2.75, 3.05) is 39.3 Å². The second kappa shape index (κ2) is 7.40. The summed E-state index contributed by atoms with van der Waals surface area (Å²) in [5.41, 5.74) is 0. The van der Waals surface area contributed by atoms with Crippen molar-refractivity contribution in [3.05, 3.63) is 0 Å². The highest BCUT2D eigenvalue weighted by Crippen LogP contribution is 2.34. The highest BCUT2D eigenvalue weighted by molar-refractivity contribution is 4.96. The highest BCUT2D eigenvalue weighted by atomic mass is 16.5. The van der Waals surface area contributed by atoms with E-state index in [-0.39, 0.29) is 0 Å². The SMILES string of the molecule is CCNC1CC2CCCC(C1)N2CC1CN(CC)CCO1. The van der Waals surface area contributed by atoms with Crippen molar-refractivity contribution in [1.29, 1.82) is 0 Å². The summed E-state index contributed by atoms with van der Waals surface area (Å²) >= 11 is 0. The van der Waals surface area contributed by atoms with E-state index in [4.69, 9.17) is 4.74 Å². The number of ether oxygens (including phenoxy) is 1. The number of fused-ring (bicyclic) bond motifs is 2. The summed E-state index contributed by atoms with van der Waals surface area (Å²) in [6.07, 6.45) is 7.32. The molecule has 3 unspecified atom stereocenters. The summed E-state index contributed by atoms with van der Waals surface area (Å²) in [5.74, 6) is 0. The van der Waals surface area contributed by atoms with E-state index in [1.807, 2.05) is 0 Å². The van der Waals surface area contributed by atoms with Crippen molar-refractivity contribution in [3.8, 4) is 0 Å². The molecule has 0 aromatic carbocycles. The van der Waals surface area contributed by atoms with Gasteiger partial charge in [0.2, 0.25) is 0 Å². The average molecular weight is 295 g/mol. The van der Waals surface area contributed by atoms with Gasteiger partial charge in [0.25, 0.3) is 0 Å². The predicted octanol–water partition coefficient (Wildman–Crippen LogP) is 1.70. The maximum Gasteiger partial charge on any atom is 0.0829 e. The van der Waals surface area contributed by atoms with Crippen LogP contribution in [0.2, 0.25) is 0 Å². The third-order valence-electron chi connectivity index (χ3n) is 5.70. The Labute approximate surface area is 130 Å². The van der Waals surface area contributed by atoms with Gasteiger partial charge in [-0.1, -0.05) is 20.3 Å². The van der Waals surface area contributed by atoms with E-state index in [2.05, 4.69) is 29.0 Å². The molecular formula is C17H33N3O. The lowest BCUT2D eigenvalue weighted by Crippen LogP contribution is -2.59. The number of rotatable bonds is 5. The van der Waals surface area contributed by atoms with Gasteiger partial charge in [-0.05, 0) is 38.8 Å². The van der Waals surface area contributed by atoms with Crippen LogP contribution in [0.15, 0.2) is 0 Å². The molecule has 3 atom stereocenters. The molecule has 0 saturated carbocycles. The monoisotopic (exact) mass is 295 g/mol. The van der Waals surface area contributed by atoms with Gasteiger partial charge in [0, 0.05) is 37.8 Å². The van der Waals surface area contributed by atoms with Crippen LogP contribution >= 0.6 is 0 Å². The fourth-order valence-electron chi connectivity index (χ4n) is 4.65. The first-order valence-electron chi connectivity index (χ1n) is 9.13. The highest BCUT2D eigenvalue weighted by Gasteiger charge is 2.39. The largest absolute Gasteiger partial charge is 0.374 e. The molecule has 0 aromatic heterocycles. The minimum absolute atomic E-state index is 0.428. The molecule has 0 spiro atoms. The van der Waals surface area contributed by atoms with Gasteiger partial charge in [0.15, 0.2) is 0 Å². The predicted molar refractivity (Wildman–Crippen MR) is 86.7 cm³/mol. The zero-order valence-electron chi connectivity index (χ0n) is 13.9. The fraction of sp³-hybridized carbons (Fsp3) is 1.00. The van der Waals surface area contributed by atoms with Crippen molar-refractivity contribution in [3.63, 3.8) is 0 Å². The zero-order chi connectivity index (χ0) is 14.7. The lowest BCUT2D eigenvalue weighted by atomic mass is 9.81. The Kier molecular flexibility index (Phi) is 5.54. The molecule has 3 aliphatic rings. The summed E-state index contributed by atoms with van der Waals surface area (Å²) in [7, 11) is 0. The number of likely N-dealkylation sites (N-methyl/N-ethyl adjacent to an activating group) is 1. The molecule has 2 bridgehead atoms. The summed E-state index contributed by atoms with van der Waals surface area (Å²) in [6.45, 7) is 11.1. The number of hydrogen-bond acceptors (Lipinski definition) is 4. The summed E-state index contributed by atoms with van der Waals surface area (Å²) in [6, 6.07) is 2.34. The first-order valence-corrected chi connectivity index (χ1v) is 9.13. The lowest BCUT2D eigenvalue weighted by molar-refractivity contribution is -0.0719. The minimum atomic E-state index is 0.428. The zero-order valence-corrected chi connectivity index (χ0v) is 13.9. The van der Waals surface area contributed by atoms with Crippen LogP contribution in [0.3, 0.4) is 0 Å². The van der Waals surface area contributed by atoms with Crippen LogP contribution < -0.4 is 5.32 Å². The topological polar surface area (TPSA) is 27.7 Å². The molecule has 21 heavy (non-hydrogen) atoms. The van der Waals surface area contributed by atoms with Crippen LogP contribution in [-0.2, 0) is 4.74 Å². The lowest BCUT2D eigenvalue weighted by Gasteiger charge is -2.50. The molecule has 0 amide bonds. The summed E-state index contributed by atoms with van der Waals surface area (Å²) < 4.78 is 6.05. The summed E-state index contributed by atoms with van der Waals surface area (Å²) in [4.78, 5) is 5.34. The molecule has 3 fully saturated rings. The van der Waals surface area contributed by atoms with Crippen molar-refractivity contribution in [2.24, 2.45) is 0 Å². The van der Waals surface area contributed by atoms with Crippen molar-refractivity contribution >= 4 is 0 Å². The van der Waals surface area contributed by atoms with E-state index >= 15 is 0 Å². The fourth-order valence-corrected chi connectivity index (χ4v) is 4.65. The van der Waals surface area contributed by atoms with Crippen LogP contribution in [-0.4, -0.2) is 73.4 Å². The van der Waals surface area contributed by atoms with E-state index in [1.54, 1.807) is 0 Å². The quantitative estimate of drug-likeness (QED) is 0.835. The third-order valence-corrected chi connectivity index (χ3v) is 5.70. The van der Waals surface area contributed by atoms with E-state index < -0.39 is 0 Å². The van der Waals surface area contributed by atoms with Crippen LogP contribution in [0.4, 0.5) is 0 Å². The Hall–Kier alpha value is -0.160. The average Bonchev–Trinajstić information content (AvgIpc) is 2.48. The number of piperidine rings is 2. The van der Waals surface area contributed by atoms with Crippen molar-refractivity contribution < 1.29 is 4.74 Å². The molecule has 0 aliphatic carbocycles. The van der Waals surface area contributed by atoms with Crippen molar-refractivity contribution in [1.82, 2.24) is 15.1 Å². The number of hydrogen-bond donors (Lipinski definition) is 1. The molecular weight excluding hydrogens is 262 g/mol. The Balaban J connectivity index is 1.57. The molecule has 1 N–H and O–H groups in total. The Bertz CT molecular complexity index is 311. The number of nitrogens with zero attached hydrogens (tertiary/aromatic N) is 2. The van der Waals surface area contributed by atoms with Crippen LogP contribution in [0.5, 0.6) is 0 Å². The van der Waals surface area contributed by atoms with Crippen LogP contribution in [0.1, 0.15) is 46.0 Å². The first-order chi connectivity index (χ1) is 10.3. The van der Waals surface area contributed by atoms with Crippen molar-refractivity contribution in [2.45, 2.75) is 70.2 Å². The second-order valence-corrected chi connectivity index (χ2v) is 7.05. The minimum Gasteiger partial charge on any atom is -0.374 e. The van der Waals surface area contributed by atoms with Gasteiger partial charge in [-0.15, -0.1) is 0 Å². The molecule has 4 heteroatoms. The van der Waals surface area contributed by atoms with E-state index in [0.717, 1.165) is 57.5 Å². The van der Waals surface area contributed by atoms with E-state index in [0.29, 0.717) is 6.10 Å². The second-order valence-electron chi connectivity index (χ2n) is 7.05. The Morgan fingerprint density at radius 1 is 1.14 bits per heavy atom. The van der Waals surface area contributed by atoms with E-state index in [1.165, 1.54) is 32.1 Å². The summed E-state index contributed by atoms with van der Waals surface area (Å²) in [5, 5.41) is 3.69. The normalized spacial score (nSPS) is 38.6. The van der Waals surface area contributed by atoms with Crippen LogP contribution in [0, 0.1) is 0 Å². The molecule has 4 nitrogen and oxygen atoms in total. The van der Waals surface area contributed by atoms with Gasteiger partial charge in [0.05, 0.1) is 12.7 Å². The first kappa shape index (κ1) is 15.7. The maximum absolute atomic E-state index is 6.05. The Morgan fingerprint density at radius 2 is 1.90 bits per heavy atom. The molecule has 0 radical (unpaired) electrons. The van der Waals surface area contributed by atoms with Gasteiger partial charge in [-0.2, -0.15) is 0 Å². The van der Waals surface area contributed by atoms with Crippen LogP contribution in [0.25, 0.3) is 0 Å². The van der Waals surface area contributed by atoms with E-state index in [9.17, 15) is 0 Å². The Morgan fingerprint density at radius 3 is 2.57 bits per heavy atom. The maximum atomic E-state index is 6.05. The van der Waals surface area contributed by atoms with Gasteiger partial charge in [-0.25, -0.2) is 0 Å². The van der Waals surface area contributed by atoms with Gasteiger partial charge < -0.3 is 10.1 Å². The van der Waals surface area contributed by atoms with Gasteiger partial charge in [-0.3, -0.25) is 9.80 Å².